The molecule has 1 unspecified atom stereocenters. The molecule has 1 N–H and O–H groups in total. The van der Waals surface area contributed by atoms with E-state index in [1.165, 1.54) is 4.90 Å². The van der Waals surface area contributed by atoms with Crippen molar-refractivity contribution in [1.82, 2.24) is 9.80 Å². The van der Waals surface area contributed by atoms with E-state index in [1.54, 1.807) is 43.3 Å². The molecule has 2 aromatic rings. The Hall–Kier alpha value is -3.06. The molecule has 1 saturated heterocycles. The van der Waals surface area contributed by atoms with Gasteiger partial charge in [0.25, 0.3) is 11.7 Å². The summed E-state index contributed by atoms with van der Waals surface area (Å²) < 4.78 is 11.5. The number of likely N-dealkylation sites (N-methyl/N-ethyl adjacent to an activating group) is 1. The highest BCUT2D eigenvalue weighted by atomic mass is 16.5. The van der Waals surface area contributed by atoms with Crippen LogP contribution in [0.2, 0.25) is 0 Å². The average molecular weight is 441 g/mol. The maximum atomic E-state index is 12.9. The normalized spacial score (nSPS) is 18.0. The molecule has 1 amide bonds. The summed E-state index contributed by atoms with van der Waals surface area (Å²) in [5, 5.41) is 11.1. The van der Waals surface area contributed by atoms with Crippen LogP contribution < -0.4 is 4.74 Å². The van der Waals surface area contributed by atoms with Gasteiger partial charge in [-0.15, -0.1) is 0 Å². The highest BCUT2D eigenvalue weighted by Crippen LogP contribution is 2.40. The van der Waals surface area contributed by atoms with E-state index in [0.29, 0.717) is 42.5 Å². The van der Waals surface area contributed by atoms with Gasteiger partial charge in [0.2, 0.25) is 0 Å². The fraction of sp³-hybridized carbons (Fsp3) is 0.440. The summed E-state index contributed by atoms with van der Waals surface area (Å²) in [5.41, 5.74) is 0.490. The number of Topliss-reactive ketones (excluding diaryl/α,β-unsaturated/α-hetero) is 1. The van der Waals surface area contributed by atoms with Crippen LogP contribution >= 0.6 is 0 Å². The summed E-state index contributed by atoms with van der Waals surface area (Å²) in [6.07, 6.45) is 3.22. The molecule has 0 bridgehead atoms. The summed E-state index contributed by atoms with van der Waals surface area (Å²) in [4.78, 5) is 29.2. The predicted octanol–water partition coefficient (Wildman–Crippen LogP) is 4.14. The van der Waals surface area contributed by atoms with E-state index < -0.39 is 17.7 Å². The lowest BCUT2D eigenvalue weighted by atomic mass is 9.99. The van der Waals surface area contributed by atoms with Crippen LogP contribution in [0.3, 0.4) is 0 Å². The monoisotopic (exact) mass is 440 g/mol. The molecule has 0 aliphatic carbocycles. The second-order valence-corrected chi connectivity index (χ2v) is 8.32. The molecule has 1 aromatic carbocycles. The molecule has 0 spiro atoms. The highest BCUT2D eigenvalue weighted by molar-refractivity contribution is 6.46. The van der Waals surface area contributed by atoms with E-state index in [0.717, 1.165) is 19.3 Å². The zero-order valence-corrected chi connectivity index (χ0v) is 19.3. The van der Waals surface area contributed by atoms with E-state index in [2.05, 4.69) is 6.92 Å². The number of hydrogen-bond donors (Lipinski definition) is 1. The molecular weight excluding hydrogens is 408 g/mol. The number of likely N-dealkylation sites (tertiary alicyclic amines) is 1. The first-order valence-corrected chi connectivity index (χ1v) is 11.1. The van der Waals surface area contributed by atoms with E-state index in [9.17, 15) is 14.7 Å². The molecule has 1 aliphatic rings. The standard InChI is InChI=1S/C25H32N2O5/c1-5-6-7-16-31-19-11-9-18(10-12-19)23(28)21-22(20-13-8-17(2)32-20)27(15-14-26(3)4)25(30)24(21)29/h8-13,22,28H,5-7,14-16H2,1-4H3/b23-21-. The number of aliphatic hydroxyl groups is 1. The largest absolute Gasteiger partial charge is 0.507 e. The van der Waals surface area contributed by atoms with Crippen molar-refractivity contribution in [1.29, 1.82) is 0 Å². The quantitative estimate of drug-likeness (QED) is 0.259. The second kappa shape index (κ2) is 10.5. The van der Waals surface area contributed by atoms with Gasteiger partial charge in [-0.05, 0) is 63.8 Å². The predicted molar refractivity (Wildman–Crippen MR) is 122 cm³/mol. The number of rotatable bonds is 10. The summed E-state index contributed by atoms with van der Waals surface area (Å²) in [7, 11) is 3.79. The van der Waals surface area contributed by atoms with Crippen LogP contribution in [0.15, 0.2) is 46.4 Å². The molecule has 1 fully saturated rings. The fourth-order valence-electron chi connectivity index (χ4n) is 3.72. The Kier molecular flexibility index (Phi) is 7.75. The molecule has 32 heavy (non-hydrogen) atoms. The van der Waals surface area contributed by atoms with Gasteiger partial charge in [-0.3, -0.25) is 9.59 Å². The first kappa shape index (κ1) is 23.6. The fourth-order valence-corrected chi connectivity index (χ4v) is 3.72. The summed E-state index contributed by atoms with van der Waals surface area (Å²) >= 11 is 0. The Morgan fingerprint density at radius 3 is 2.44 bits per heavy atom. The number of nitrogens with zero attached hydrogens (tertiary/aromatic N) is 2. The number of amides is 1. The molecule has 172 valence electrons. The van der Waals surface area contributed by atoms with Crippen molar-refractivity contribution in [3.63, 3.8) is 0 Å². The molecule has 2 heterocycles. The van der Waals surface area contributed by atoms with E-state index in [-0.39, 0.29) is 11.3 Å². The van der Waals surface area contributed by atoms with Gasteiger partial charge in [-0.1, -0.05) is 19.8 Å². The molecule has 3 rings (SSSR count). The number of furan rings is 1. The third-order valence-corrected chi connectivity index (χ3v) is 5.50. The van der Waals surface area contributed by atoms with Gasteiger partial charge < -0.3 is 24.1 Å². The Labute approximate surface area is 189 Å². The highest BCUT2D eigenvalue weighted by Gasteiger charge is 2.47. The molecule has 7 nitrogen and oxygen atoms in total. The Morgan fingerprint density at radius 1 is 1.12 bits per heavy atom. The first-order valence-electron chi connectivity index (χ1n) is 11.1. The van der Waals surface area contributed by atoms with Gasteiger partial charge in [-0.25, -0.2) is 0 Å². The van der Waals surface area contributed by atoms with Gasteiger partial charge in [0.1, 0.15) is 29.1 Å². The third kappa shape index (κ3) is 5.22. The lowest BCUT2D eigenvalue weighted by Gasteiger charge is -2.24. The second-order valence-electron chi connectivity index (χ2n) is 8.32. The zero-order chi connectivity index (χ0) is 23.3. The van der Waals surface area contributed by atoms with Crippen LogP contribution in [0.25, 0.3) is 5.76 Å². The topological polar surface area (TPSA) is 83.2 Å². The van der Waals surface area contributed by atoms with Gasteiger partial charge >= 0.3 is 0 Å². The van der Waals surface area contributed by atoms with Crippen molar-refractivity contribution in [2.45, 2.75) is 39.2 Å². The van der Waals surface area contributed by atoms with Crippen molar-refractivity contribution in [3.05, 3.63) is 59.1 Å². The summed E-state index contributed by atoms with van der Waals surface area (Å²) in [6, 6.07) is 9.67. The van der Waals surface area contributed by atoms with Crippen molar-refractivity contribution in [2.24, 2.45) is 0 Å². The van der Waals surface area contributed by atoms with E-state index >= 15 is 0 Å². The maximum Gasteiger partial charge on any atom is 0.295 e. The van der Waals surface area contributed by atoms with Crippen molar-refractivity contribution >= 4 is 17.4 Å². The zero-order valence-electron chi connectivity index (χ0n) is 19.3. The number of carbonyl (C=O) groups is 2. The first-order chi connectivity index (χ1) is 15.3. The van der Waals surface area contributed by atoms with Crippen LogP contribution in [0.1, 0.15) is 49.3 Å². The summed E-state index contributed by atoms with van der Waals surface area (Å²) in [6.45, 7) is 5.48. The number of aryl methyl sites for hydroxylation is 1. The maximum absolute atomic E-state index is 12.9. The molecule has 0 radical (unpaired) electrons. The van der Waals surface area contributed by atoms with Crippen molar-refractivity contribution < 1.29 is 23.8 Å². The molecule has 0 saturated carbocycles. The molecule has 1 atom stereocenters. The number of hydrogen-bond acceptors (Lipinski definition) is 6. The van der Waals surface area contributed by atoms with Gasteiger partial charge in [0, 0.05) is 18.7 Å². The number of benzene rings is 1. The van der Waals surface area contributed by atoms with Crippen molar-refractivity contribution in [2.75, 3.05) is 33.8 Å². The van der Waals surface area contributed by atoms with E-state index in [4.69, 9.17) is 9.15 Å². The lowest BCUT2D eigenvalue weighted by molar-refractivity contribution is -0.140. The van der Waals surface area contributed by atoms with Crippen LogP contribution in [-0.4, -0.2) is 60.4 Å². The van der Waals surface area contributed by atoms with E-state index in [1.807, 2.05) is 19.0 Å². The number of aliphatic hydroxyl groups excluding tert-OH is 1. The van der Waals surface area contributed by atoms with Gasteiger partial charge in [-0.2, -0.15) is 0 Å². The lowest BCUT2D eigenvalue weighted by Crippen LogP contribution is -2.35. The van der Waals surface area contributed by atoms with Crippen LogP contribution in [-0.2, 0) is 9.59 Å². The van der Waals surface area contributed by atoms with Crippen LogP contribution in [0.5, 0.6) is 5.75 Å². The third-order valence-electron chi connectivity index (χ3n) is 5.50. The Bertz CT molecular complexity index is 974. The molecular formula is C25H32N2O5. The molecule has 1 aromatic heterocycles. The number of unbranched alkanes of at least 4 members (excludes halogenated alkanes) is 2. The number of carbonyl (C=O) groups excluding carboxylic acids is 2. The van der Waals surface area contributed by atoms with Gasteiger partial charge in [0.05, 0.1) is 12.2 Å². The summed E-state index contributed by atoms with van der Waals surface area (Å²) in [5.74, 6) is 0.263. The average Bonchev–Trinajstić information content (AvgIpc) is 3.30. The molecule has 1 aliphatic heterocycles. The molecule has 7 heteroatoms. The number of ketones is 1. The SMILES string of the molecule is CCCCCOc1ccc(/C(O)=C2/C(=O)C(=O)N(CCN(C)C)C2c2ccc(C)o2)cc1. The minimum Gasteiger partial charge on any atom is -0.507 e. The van der Waals surface area contributed by atoms with Crippen LogP contribution in [0, 0.1) is 6.92 Å². The van der Waals surface area contributed by atoms with Gasteiger partial charge in [0.15, 0.2) is 0 Å². The minimum absolute atomic E-state index is 0.0414. The van der Waals surface area contributed by atoms with Crippen LogP contribution in [0.4, 0.5) is 0 Å². The number of ether oxygens (including phenoxy) is 1. The minimum atomic E-state index is -0.770. The van der Waals surface area contributed by atoms with Crippen molar-refractivity contribution in [3.8, 4) is 5.75 Å². The Balaban J connectivity index is 1.93. The smallest absolute Gasteiger partial charge is 0.295 e. The Morgan fingerprint density at radius 2 is 1.84 bits per heavy atom.